The van der Waals surface area contributed by atoms with Gasteiger partial charge in [0.05, 0.1) is 0 Å². The van der Waals surface area contributed by atoms with Crippen molar-refractivity contribution in [1.29, 1.82) is 0 Å². The number of alkyl halides is 3. The second-order valence-corrected chi connectivity index (χ2v) is 9.23. The summed E-state index contributed by atoms with van der Waals surface area (Å²) in [4.78, 5) is 11.4. The lowest BCUT2D eigenvalue weighted by Gasteiger charge is -2.17. The monoisotopic (exact) mass is 483 g/mol. The predicted octanol–water partition coefficient (Wildman–Crippen LogP) is 6.31. The van der Waals surface area contributed by atoms with Gasteiger partial charge in [-0.1, -0.05) is 35.9 Å². The molecule has 0 aliphatic carbocycles. The summed E-state index contributed by atoms with van der Waals surface area (Å²) in [7, 11) is 0. The Bertz CT molecular complexity index is 960. The van der Waals surface area contributed by atoms with Crippen molar-refractivity contribution in [1.82, 2.24) is 5.48 Å². The SMILES string of the molecule is CC(C)=CCc1c(C)ccc(/C=C/C(=O)NO)c1OCc1ccc(OC(Cl)(Cl)Cl)cc1. The first-order chi connectivity index (χ1) is 14.6. The molecule has 0 aromatic heterocycles. The van der Waals surface area contributed by atoms with E-state index in [0.29, 0.717) is 17.9 Å². The van der Waals surface area contributed by atoms with Crippen LogP contribution >= 0.6 is 34.8 Å². The zero-order chi connectivity index (χ0) is 23.0. The molecule has 0 bridgehead atoms. The van der Waals surface area contributed by atoms with Crippen molar-refractivity contribution in [3.63, 3.8) is 0 Å². The van der Waals surface area contributed by atoms with E-state index in [1.54, 1.807) is 23.7 Å². The first-order valence-electron chi connectivity index (χ1n) is 9.44. The highest BCUT2D eigenvalue weighted by Crippen LogP contribution is 2.32. The molecule has 2 aromatic rings. The minimum Gasteiger partial charge on any atom is -0.488 e. The van der Waals surface area contributed by atoms with Crippen molar-refractivity contribution in [2.75, 3.05) is 0 Å². The predicted molar refractivity (Wildman–Crippen MR) is 125 cm³/mol. The second-order valence-electron chi connectivity index (χ2n) is 7.05. The average Bonchev–Trinajstić information content (AvgIpc) is 2.70. The normalized spacial score (nSPS) is 11.3. The molecule has 0 unspecified atom stereocenters. The van der Waals surface area contributed by atoms with Crippen LogP contribution in [0, 0.1) is 6.92 Å². The molecular weight excluding hydrogens is 461 g/mol. The summed E-state index contributed by atoms with van der Waals surface area (Å²) < 4.78 is 9.52. The lowest BCUT2D eigenvalue weighted by Crippen LogP contribution is -2.14. The summed E-state index contributed by atoms with van der Waals surface area (Å²) in [6.07, 6.45) is 5.65. The summed E-state index contributed by atoms with van der Waals surface area (Å²) in [6.45, 7) is 6.36. The van der Waals surface area contributed by atoms with E-state index >= 15 is 0 Å². The standard InChI is InChI=1S/C23H24Cl3NO4/c1-15(2)4-12-20-16(3)5-8-18(9-13-21(28)27-29)22(20)30-14-17-6-10-19(11-7-17)31-23(24,25)26/h4-11,13,29H,12,14H2,1-3H3,(H,27,28)/b13-9+. The average molecular weight is 485 g/mol. The van der Waals surface area contributed by atoms with Crippen molar-refractivity contribution in [3.8, 4) is 11.5 Å². The summed E-state index contributed by atoms with van der Waals surface area (Å²) in [6, 6.07) is 10.8. The lowest BCUT2D eigenvalue weighted by atomic mass is 9.99. The third-order valence-electron chi connectivity index (χ3n) is 4.30. The third-order valence-corrected chi connectivity index (χ3v) is 4.54. The Labute approximate surface area is 197 Å². The van der Waals surface area contributed by atoms with E-state index < -0.39 is 9.89 Å². The first kappa shape index (κ1) is 25.1. The fourth-order valence-corrected chi connectivity index (χ4v) is 3.02. The van der Waals surface area contributed by atoms with Crippen LogP contribution in [0.25, 0.3) is 6.08 Å². The van der Waals surface area contributed by atoms with Crippen molar-refractivity contribution in [3.05, 3.63) is 76.4 Å². The molecule has 0 spiro atoms. The number of hydroxylamine groups is 1. The molecule has 2 rings (SSSR count). The van der Waals surface area contributed by atoms with E-state index in [2.05, 4.69) is 6.08 Å². The zero-order valence-corrected chi connectivity index (χ0v) is 19.7. The van der Waals surface area contributed by atoms with E-state index in [1.807, 2.05) is 45.0 Å². The van der Waals surface area contributed by atoms with Gasteiger partial charge in [0.1, 0.15) is 18.1 Å². The minimum absolute atomic E-state index is 0.284. The van der Waals surface area contributed by atoms with Crippen molar-refractivity contribution in [2.45, 2.75) is 37.8 Å². The maximum Gasteiger partial charge on any atom is 0.338 e. The summed E-state index contributed by atoms with van der Waals surface area (Å²) in [5.41, 5.74) is 6.47. The molecule has 0 saturated carbocycles. The number of hydrogen-bond donors (Lipinski definition) is 2. The molecular formula is C23H24Cl3NO4. The largest absolute Gasteiger partial charge is 0.488 e. The number of carbonyl (C=O) groups excluding carboxylic acids is 1. The molecule has 0 heterocycles. The molecule has 0 aliphatic rings. The molecule has 1 amide bonds. The van der Waals surface area contributed by atoms with E-state index in [-0.39, 0.29) is 6.61 Å². The molecule has 0 atom stereocenters. The highest BCUT2D eigenvalue weighted by molar-refractivity contribution is 6.66. The highest BCUT2D eigenvalue weighted by atomic mass is 35.6. The van der Waals surface area contributed by atoms with Crippen molar-refractivity contribution < 1.29 is 19.5 Å². The molecule has 5 nitrogen and oxygen atoms in total. The van der Waals surface area contributed by atoms with E-state index in [1.165, 1.54) is 11.6 Å². The maximum atomic E-state index is 11.4. The number of amides is 1. The van der Waals surface area contributed by atoms with Crippen LogP contribution in [0.4, 0.5) is 0 Å². The van der Waals surface area contributed by atoms with E-state index in [9.17, 15) is 4.79 Å². The van der Waals surface area contributed by atoms with E-state index in [4.69, 9.17) is 49.5 Å². The van der Waals surface area contributed by atoms with Gasteiger partial charge in [0.2, 0.25) is 0 Å². The highest BCUT2D eigenvalue weighted by Gasteiger charge is 2.21. The first-order valence-corrected chi connectivity index (χ1v) is 10.6. The number of rotatable bonds is 8. The molecule has 0 aliphatic heterocycles. The summed E-state index contributed by atoms with van der Waals surface area (Å²) >= 11 is 16.9. The maximum absolute atomic E-state index is 11.4. The number of allylic oxidation sites excluding steroid dienone is 2. The molecule has 2 aromatic carbocycles. The Hall–Kier alpha value is -2.18. The van der Waals surface area contributed by atoms with Gasteiger partial charge < -0.3 is 9.47 Å². The third kappa shape index (κ3) is 8.46. The topological polar surface area (TPSA) is 67.8 Å². The van der Waals surface area contributed by atoms with Gasteiger partial charge in [-0.05, 0) is 91.3 Å². The summed E-state index contributed by atoms with van der Waals surface area (Å²) in [5.74, 6) is 0.463. The van der Waals surface area contributed by atoms with Gasteiger partial charge in [0, 0.05) is 17.2 Å². The number of ether oxygens (including phenoxy) is 2. The van der Waals surface area contributed by atoms with Crippen LogP contribution < -0.4 is 15.0 Å². The lowest BCUT2D eigenvalue weighted by molar-refractivity contribution is -0.124. The Morgan fingerprint density at radius 1 is 1.13 bits per heavy atom. The van der Waals surface area contributed by atoms with Crippen molar-refractivity contribution in [2.24, 2.45) is 0 Å². The Morgan fingerprint density at radius 2 is 1.81 bits per heavy atom. The van der Waals surface area contributed by atoms with Gasteiger partial charge in [0.15, 0.2) is 0 Å². The van der Waals surface area contributed by atoms with Crippen LogP contribution in [0.15, 0.2) is 54.1 Å². The van der Waals surface area contributed by atoms with Crippen molar-refractivity contribution >= 4 is 46.8 Å². The zero-order valence-electron chi connectivity index (χ0n) is 17.4. The quantitative estimate of drug-likeness (QED) is 0.151. The van der Waals surface area contributed by atoms with Crippen LogP contribution in [0.2, 0.25) is 0 Å². The van der Waals surface area contributed by atoms with Gasteiger partial charge in [-0.25, -0.2) is 5.48 Å². The molecule has 8 heteroatoms. The van der Waals surface area contributed by atoms with E-state index in [0.717, 1.165) is 22.3 Å². The fourth-order valence-electron chi connectivity index (χ4n) is 2.75. The van der Waals surface area contributed by atoms with Crippen LogP contribution in [0.3, 0.4) is 0 Å². The van der Waals surface area contributed by atoms with Gasteiger partial charge >= 0.3 is 3.98 Å². The van der Waals surface area contributed by atoms with Crippen LogP contribution in [-0.2, 0) is 17.8 Å². The van der Waals surface area contributed by atoms with Crippen LogP contribution in [-0.4, -0.2) is 15.1 Å². The fraction of sp³-hybridized carbons (Fsp3) is 0.261. The molecule has 31 heavy (non-hydrogen) atoms. The van der Waals surface area contributed by atoms with Crippen LogP contribution in [0.1, 0.15) is 36.1 Å². The molecule has 2 N–H and O–H groups in total. The second kappa shape index (κ2) is 11.4. The summed E-state index contributed by atoms with van der Waals surface area (Å²) in [5, 5.41) is 8.75. The Kier molecular flexibility index (Phi) is 9.26. The van der Waals surface area contributed by atoms with Gasteiger partial charge in [-0.3, -0.25) is 10.0 Å². The number of hydrogen-bond acceptors (Lipinski definition) is 4. The molecule has 0 radical (unpaired) electrons. The number of carbonyl (C=O) groups is 1. The number of benzene rings is 2. The van der Waals surface area contributed by atoms with Gasteiger partial charge in [-0.15, -0.1) is 0 Å². The smallest absolute Gasteiger partial charge is 0.338 e. The van der Waals surface area contributed by atoms with Crippen LogP contribution in [0.5, 0.6) is 11.5 Å². The molecule has 0 fully saturated rings. The molecule has 166 valence electrons. The minimum atomic E-state index is -1.83. The van der Waals surface area contributed by atoms with Gasteiger partial charge in [0.25, 0.3) is 5.91 Å². The van der Waals surface area contributed by atoms with Gasteiger partial charge in [-0.2, -0.15) is 0 Å². The number of aryl methyl sites for hydroxylation is 1. The Balaban J connectivity index is 2.31. The molecule has 0 saturated heterocycles. The Morgan fingerprint density at radius 3 is 2.39 bits per heavy atom. The number of halogens is 3. The number of nitrogens with one attached hydrogen (secondary N) is 1.